The molecule has 0 spiro atoms. The molecule has 2 heterocycles. The maximum atomic E-state index is 12.1. The van der Waals surface area contributed by atoms with Crippen LogP contribution in [0, 0.1) is 0 Å². The summed E-state index contributed by atoms with van der Waals surface area (Å²) < 4.78 is 11.2. The molecule has 0 aliphatic carbocycles. The number of rotatable bonds is 2. The lowest BCUT2D eigenvalue weighted by molar-refractivity contribution is 0.0275. The van der Waals surface area contributed by atoms with Crippen LogP contribution in [0.1, 0.15) is 47.9 Å². The molecule has 24 heavy (non-hydrogen) atoms. The number of benzene rings is 1. The highest BCUT2D eigenvalue weighted by Crippen LogP contribution is 2.29. The van der Waals surface area contributed by atoms with Crippen molar-refractivity contribution in [3.63, 3.8) is 0 Å². The third kappa shape index (κ3) is 3.20. The Morgan fingerprint density at radius 2 is 2.00 bits per heavy atom. The summed E-state index contributed by atoms with van der Waals surface area (Å²) in [6, 6.07) is 4.92. The third-order valence-corrected chi connectivity index (χ3v) is 3.82. The first-order chi connectivity index (χ1) is 11.2. The highest BCUT2D eigenvalue weighted by Gasteiger charge is 2.34. The van der Waals surface area contributed by atoms with E-state index in [9.17, 15) is 14.4 Å². The lowest BCUT2D eigenvalue weighted by Crippen LogP contribution is -2.36. The van der Waals surface area contributed by atoms with Crippen LogP contribution in [0.25, 0.3) is 0 Å². The zero-order valence-electron chi connectivity index (χ0n) is 13.9. The van der Waals surface area contributed by atoms with Gasteiger partial charge >= 0.3 is 6.09 Å². The van der Waals surface area contributed by atoms with Gasteiger partial charge < -0.3 is 14.4 Å². The molecule has 1 fully saturated rings. The van der Waals surface area contributed by atoms with Crippen LogP contribution in [0.2, 0.25) is 0 Å². The molecule has 0 aromatic heterocycles. The number of nitrogens with zero attached hydrogens (tertiary/aromatic N) is 1. The highest BCUT2D eigenvalue weighted by atomic mass is 16.6. The number of carbonyl (C=O) groups is 3. The van der Waals surface area contributed by atoms with E-state index in [1.54, 1.807) is 23.1 Å². The number of amides is 3. The molecule has 1 unspecified atom stereocenters. The fourth-order valence-electron chi connectivity index (χ4n) is 2.78. The number of ether oxygens (including phenoxy) is 2. The first kappa shape index (κ1) is 16.3. The van der Waals surface area contributed by atoms with E-state index >= 15 is 0 Å². The van der Waals surface area contributed by atoms with Crippen molar-refractivity contribution >= 4 is 17.9 Å². The van der Waals surface area contributed by atoms with Gasteiger partial charge in [0.05, 0.1) is 17.7 Å². The van der Waals surface area contributed by atoms with Crippen LogP contribution in [0.3, 0.4) is 0 Å². The molecule has 0 saturated carbocycles. The number of imide groups is 1. The molecule has 3 amide bonds. The van der Waals surface area contributed by atoms with E-state index in [-0.39, 0.29) is 17.8 Å². The predicted octanol–water partition coefficient (Wildman–Crippen LogP) is 1.96. The van der Waals surface area contributed by atoms with Crippen molar-refractivity contribution in [3.8, 4) is 5.75 Å². The van der Waals surface area contributed by atoms with Crippen molar-refractivity contribution in [3.05, 3.63) is 29.3 Å². The van der Waals surface area contributed by atoms with Gasteiger partial charge in [-0.3, -0.25) is 14.9 Å². The Kier molecular flexibility index (Phi) is 3.95. The molecule has 7 nitrogen and oxygen atoms in total. The second kappa shape index (κ2) is 5.81. The molecule has 1 N–H and O–H groups in total. The second-order valence-electron chi connectivity index (χ2n) is 6.92. The van der Waals surface area contributed by atoms with E-state index in [2.05, 4.69) is 5.32 Å². The van der Waals surface area contributed by atoms with Crippen LogP contribution < -0.4 is 10.1 Å². The minimum Gasteiger partial charge on any atom is -0.488 e. The summed E-state index contributed by atoms with van der Waals surface area (Å²) in [6.45, 7) is 6.36. The van der Waals surface area contributed by atoms with Gasteiger partial charge in [0, 0.05) is 13.0 Å². The zero-order chi connectivity index (χ0) is 17.5. The molecule has 1 aromatic rings. The zero-order valence-corrected chi connectivity index (χ0v) is 13.9. The Bertz CT molecular complexity index is 707. The van der Waals surface area contributed by atoms with Gasteiger partial charge in [-0.15, -0.1) is 0 Å². The first-order valence-corrected chi connectivity index (χ1v) is 7.88. The highest BCUT2D eigenvalue weighted by molar-refractivity contribution is 6.22. The summed E-state index contributed by atoms with van der Waals surface area (Å²) in [6.07, 6.45) is 0.0192. The first-order valence-electron chi connectivity index (χ1n) is 7.88. The largest absolute Gasteiger partial charge is 0.488 e. The lowest BCUT2D eigenvalue weighted by atomic mass is 10.1. The third-order valence-electron chi connectivity index (χ3n) is 3.82. The van der Waals surface area contributed by atoms with Crippen LogP contribution in [-0.2, 0) is 4.74 Å². The van der Waals surface area contributed by atoms with Gasteiger partial charge in [0.1, 0.15) is 17.5 Å². The number of hydrogen-bond acceptors (Lipinski definition) is 5. The lowest BCUT2D eigenvalue weighted by Gasteiger charge is -2.24. The molecule has 0 radical (unpaired) electrons. The molecule has 7 heteroatoms. The van der Waals surface area contributed by atoms with Crippen LogP contribution in [0.15, 0.2) is 18.2 Å². The fourth-order valence-corrected chi connectivity index (χ4v) is 2.78. The van der Waals surface area contributed by atoms with Crippen LogP contribution in [0.5, 0.6) is 5.75 Å². The van der Waals surface area contributed by atoms with Crippen LogP contribution in [0.4, 0.5) is 4.79 Å². The molecule has 3 rings (SSSR count). The minimum absolute atomic E-state index is 0.243. The maximum Gasteiger partial charge on any atom is 0.410 e. The number of likely N-dealkylation sites (tertiary alicyclic amines) is 1. The summed E-state index contributed by atoms with van der Waals surface area (Å²) in [4.78, 5) is 37.3. The van der Waals surface area contributed by atoms with Crippen molar-refractivity contribution in [2.45, 2.75) is 38.9 Å². The van der Waals surface area contributed by atoms with E-state index in [1.165, 1.54) is 0 Å². The van der Waals surface area contributed by atoms with E-state index < -0.39 is 17.4 Å². The van der Waals surface area contributed by atoms with Gasteiger partial charge in [-0.25, -0.2) is 4.79 Å². The Morgan fingerprint density at radius 3 is 2.71 bits per heavy atom. The molecule has 2 aliphatic heterocycles. The van der Waals surface area contributed by atoms with Crippen LogP contribution in [-0.4, -0.2) is 47.6 Å². The van der Waals surface area contributed by atoms with Gasteiger partial charge in [0.25, 0.3) is 11.8 Å². The number of hydrogen-bond donors (Lipinski definition) is 1. The number of carbonyl (C=O) groups excluding carboxylic acids is 3. The van der Waals surface area contributed by atoms with Crippen molar-refractivity contribution < 1.29 is 23.9 Å². The predicted molar refractivity (Wildman–Crippen MR) is 85.1 cm³/mol. The Balaban J connectivity index is 1.68. The van der Waals surface area contributed by atoms with Gasteiger partial charge in [-0.05, 0) is 32.9 Å². The average Bonchev–Trinajstić information content (AvgIpc) is 3.04. The van der Waals surface area contributed by atoms with E-state index in [0.29, 0.717) is 30.8 Å². The Morgan fingerprint density at radius 1 is 1.25 bits per heavy atom. The monoisotopic (exact) mass is 332 g/mol. The number of fused-ring (bicyclic) bond motifs is 1. The number of nitrogens with one attached hydrogen (secondary N) is 1. The summed E-state index contributed by atoms with van der Waals surface area (Å²) >= 11 is 0. The van der Waals surface area contributed by atoms with Gasteiger partial charge in [0.2, 0.25) is 0 Å². The van der Waals surface area contributed by atoms with Crippen molar-refractivity contribution in [2.24, 2.45) is 0 Å². The summed E-state index contributed by atoms with van der Waals surface area (Å²) in [7, 11) is 0. The fraction of sp³-hybridized carbons (Fsp3) is 0.471. The van der Waals surface area contributed by atoms with Crippen LogP contribution >= 0.6 is 0 Å². The Hall–Kier alpha value is -2.57. The molecule has 1 saturated heterocycles. The topological polar surface area (TPSA) is 84.9 Å². The standard InChI is InChI=1S/C17H20N2O5/c1-17(2,3)24-16(22)19-8-7-10(9-19)23-12-6-4-5-11-13(12)15(21)18-14(11)20/h4-6,10H,7-9H2,1-3H3,(H,18,20,21). The van der Waals surface area contributed by atoms with Gasteiger partial charge in [0.15, 0.2) is 0 Å². The molecule has 1 atom stereocenters. The maximum absolute atomic E-state index is 12.1. The molecule has 0 bridgehead atoms. The molecule has 128 valence electrons. The Labute approximate surface area is 139 Å². The summed E-state index contributed by atoms with van der Waals surface area (Å²) in [5, 5.41) is 2.26. The van der Waals surface area contributed by atoms with Crippen molar-refractivity contribution in [1.82, 2.24) is 10.2 Å². The normalized spacial score (nSPS) is 20.0. The molecule has 1 aromatic carbocycles. The van der Waals surface area contributed by atoms with E-state index in [0.717, 1.165) is 0 Å². The minimum atomic E-state index is -0.547. The summed E-state index contributed by atoms with van der Waals surface area (Å²) in [5.74, 6) is -0.498. The second-order valence-corrected chi connectivity index (χ2v) is 6.92. The smallest absolute Gasteiger partial charge is 0.410 e. The average molecular weight is 332 g/mol. The van der Waals surface area contributed by atoms with Gasteiger partial charge in [-0.2, -0.15) is 0 Å². The molecule has 2 aliphatic rings. The van der Waals surface area contributed by atoms with Gasteiger partial charge in [-0.1, -0.05) is 6.07 Å². The molecular weight excluding hydrogens is 312 g/mol. The van der Waals surface area contributed by atoms with Crippen molar-refractivity contribution in [2.75, 3.05) is 13.1 Å². The molecular formula is C17H20N2O5. The summed E-state index contributed by atoms with van der Waals surface area (Å²) in [5.41, 5.74) is 0.0343. The quantitative estimate of drug-likeness (QED) is 0.837. The SMILES string of the molecule is CC(C)(C)OC(=O)N1CCC(Oc2cccc3c2C(=O)NC3=O)C1. The van der Waals surface area contributed by atoms with E-state index in [1.807, 2.05) is 20.8 Å². The van der Waals surface area contributed by atoms with E-state index in [4.69, 9.17) is 9.47 Å². The van der Waals surface area contributed by atoms with Crippen molar-refractivity contribution in [1.29, 1.82) is 0 Å².